The van der Waals surface area contributed by atoms with Crippen LogP contribution < -0.4 is 19.7 Å². The molecule has 0 aliphatic carbocycles. The first kappa shape index (κ1) is 33.6. The molecule has 1 atom stereocenters. The number of aromatic amines is 1. The Morgan fingerprint density at radius 3 is 2.57 bits per heavy atom. The number of benzene rings is 3. The molecule has 1 aliphatic heterocycles. The number of amides is 2. The van der Waals surface area contributed by atoms with Gasteiger partial charge in [0.1, 0.15) is 29.1 Å². The van der Waals surface area contributed by atoms with Crippen LogP contribution in [0.1, 0.15) is 51.4 Å². The number of nitrogens with zero attached hydrogens (tertiary/aromatic N) is 4. The molecule has 0 bridgehead atoms. The van der Waals surface area contributed by atoms with Crippen molar-refractivity contribution < 1.29 is 23.9 Å². The summed E-state index contributed by atoms with van der Waals surface area (Å²) in [4.78, 5) is 52.4. The second-order valence-electron chi connectivity index (χ2n) is 12.1. The van der Waals surface area contributed by atoms with Gasteiger partial charge in [0.2, 0.25) is 0 Å². The van der Waals surface area contributed by atoms with Crippen LogP contribution in [0.3, 0.4) is 0 Å². The number of nitrogens with one attached hydrogen (secondary N) is 2. The second kappa shape index (κ2) is 15.2. The van der Waals surface area contributed by atoms with Gasteiger partial charge < -0.3 is 34.4 Å². The van der Waals surface area contributed by atoms with Crippen LogP contribution >= 0.6 is 0 Å². The fourth-order valence-electron chi connectivity index (χ4n) is 5.90. The molecule has 1 saturated heterocycles. The van der Waals surface area contributed by atoms with Crippen molar-refractivity contribution in [1.82, 2.24) is 19.8 Å². The Kier molecular flexibility index (Phi) is 10.9. The molecule has 3 aromatic carbocycles. The van der Waals surface area contributed by atoms with E-state index >= 15 is 0 Å². The van der Waals surface area contributed by atoms with Crippen molar-refractivity contribution in [3.63, 3.8) is 0 Å². The van der Waals surface area contributed by atoms with Gasteiger partial charge in [0.15, 0.2) is 0 Å². The number of carbonyl (C=O) groups excluding carboxylic acids is 3. The number of H-pyrrole nitrogens is 1. The average Bonchev–Trinajstić information content (AvgIpc) is 3.46. The summed E-state index contributed by atoms with van der Waals surface area (Å²) < 4.78 is 11.8. The number of unbranched alkanes of at least 4 members (excludes halogenated alkanes) is 1. The van der Waals surface area contributed by atoms with Crippen LogP contribution in [0, 0.1) is 13.8 Å². The topological polar surface area (TPSA) is 120 Å². The lowest BCUT2D eigenvalue weighted by molar-refractivity contribution is -0.113. The summed E-state index contributed by atoms with van der Waals surface area (Å²) in [6.45, 7) is 8.07. The number of anilines is 2. The quantitative estimate of drug-likeness (QED) is 0.153. The van der Waals surface area contributed by atoms with E-state index in [1.54, 1.807) is 42.3 Å². The van der Waals surface area contributed by atoms with Gasteiger partial charge in [0, 0.05) is 38.8 Å². The van der Waals surface area contributed by atoms with Gasteiger partial charge in [-0.3, -0.25) is 14.5 Å². The molecule has 2 amide bonds. The molecule has 2 N–H and O–H groups in total. The van der Waals surface area contributed by atoms with Gasteiger partial charge in [-0.1, -0.05) is 12.1 Å². The Balaban J connectivity index is 1.22. The molecule has 4 aromatic rings. The smallest absolute Gasteiger partial charge is 0.258 e. The summed E-state index contributed by atoms with van der Waals surface area (Å²) >= 11 is 0. The number of methoxy groups -OCH3 is 1. The van der Waals surface area contributed by atoms with Crippen LogP contribution in [0.2, 0.25) is 0 Å². The van der Waals surface area contributed by atoms with Crippen molar-refractivity contribution in [1.29, 1.82) is 0 Å². The third kappa shape index (κ3) is 7.98. The molecule has 5 rings (SSSR count). The van der Waals surface area contributed by atoms with E-state index in [0.717, 1.165) is 68.6 Å². The lowest BCUT2D eigenvalue weighted by atomic mass is 10.1. The maximum absolute atomic E-state index is 13.7. The monoisotopic (exact) mass is 640 g/mol. The Morgan fingerprint density at radius 1 is 1.04 bits per heavy atom. The predicted molar refractivity (Wildman–Crippen MR) is 184 cm³/mol. The van der Waals surface area contributed by atoms with Crippen LogP contribution in [-0.2, 0) is 4.79 Å². The van der Waals surface area contributed by atoms with Gasteiger partial charge in [-0.2, -0.15) is 0 Å². The van der Waals surface area contributed by atoms with E-state index in [1.165, 1.54) is 7.11 Å². The van der Waals surface area contributed by atoms with Gasteiger partial charge in [0.05, 0.1) is 42.2 Å². The minimum absolute atomic E-state index is 0.0616. The SMILES string of the molecule is COc1cc(C(=O)N(C)c2ccc(C)cc2OCCCCC(C=O)N2CCN(C)CC2)ccc1NC(=O)c1cccc2[nH]c(C)nc12. The number of ether oxygens (including phenoxy) is 2. The van der Waals surface area contributed by atoms with Crippen LogP contribution in [0.5, 0.6) is 11.5 Å². The largest absolute Gasteiger partial charge is 0.495 e. The molecular weight excluding hydrogens is 596 g/mol. The average molecular weight is 641 g/mol. The van der Waals surface area contributed by atoms with Gasteiger partial charge in [-0.05, 0) is 88.2 Å². The van der Waals surface area contributed by atoms with E-state index in [2.05, 4.69) is 32.1 Å². The number of aldehydes is 1. The van der Waals surface area contributed by atoms with Crippen LogP contribution in [0.4, 0.5) is 11.4 Å². The maximum atomic E-state index is 13.7. The minimum atomic E-state index is -0.334. The molecule has 0 saturated carbocycles. The molecule has 1 fully saturated rings. The number of aryl methyl sites for hydroxylation is 2. The molecule has 2 heterocycles. The number of carbonyl (C=O) groups is 3. The number of rotatable bonds is 13. The van der Waals surface area contributed by atoms with E-state index < -0.39 is 0 Å². The first-order chi connectivity index (χ1) is 22.7. The lowest BCUT2D eigenvalue weighted by Crippen LogP contribution is -2.49. The van der Waals surface area contributed by atoms with Crippen molar-refractivity contribution in [2.75, 3.05) is 64.2 Å². The molecule has 1 aliphatic rings. The zero-order chi connectivity index (χ0) is 33.5. The molecular formula is C36H44N6O5. The van der Waals surface area contributed by atoms with Crippen molar-refractivity contribution in [3.05, 3.63) is 77.1 Å². The minimum Gasteiger partial charge on any atom is -0.495 e. The summed E-state index contributed by atoms with van der Waals surface area (Å²) in [5, 5.41) is 2.90. The highest BCUT2D eigenvalue weighted by atomic mass is 16.5. The van der Waals surface area contributed by atoms with E-state index in [-0.39, 0.29) is 17.9 Å². The number of hydrogen-bond acceptors (Lipinski definition) is 8. The molecule has 0 radical (unpaired) electrons. The highest BCUT2D eigenvalue weighted by Gasteiger charge is 2.23. The fraction of sp³-hybridized carbons (Fsp3) is 0.389. The van der Waals surface area contributed by atoms with Gasteiger partial charge in [-0.25, -0.2) is 4.98 Å². The first-order valence-electron chi connectivity index (χ1n) is 16.0. The lowest BCUT2D eigenvalue weighted by Gasteiger charge is -2.35. The predicted octanol–water partition coefficient (Wildman–Crippen LogP) is 5.08. The van der Waals surface area contributed by atoms with E-state index in [0.29, 0.717) is 46.1 Å². The highest BCUT2D eigenvalue weighted by molar-refractivity contribution is 6.12. The molecule has 11 heteroatoms. The van der Waals surface area contributed by atoms with E-state index in [4.69, 9.17) is 9.47 Å². The van der Waals surface area contributed by atoms with Crippen molar-refractivity contribution in [3.8, 4) is 11.5 Å². The Labute approximate surface area is 275 Å². The second-order valence-corrected chi connectivity index (χ2v) is 12.1. The normalized spacial score (nSPS) is 14.5. The molecule has 1 aromatic heterocycles. The number of hydrogen-bond donors (Lipinski definition) is 2. The number of fused-ring (bicyclic) bond motifs is 1. The maximum Gasteiger partial charge on any atom is 0.258 e. The van der Waals surface area contributed by atoms with Crippen LogP contribution in [0.15, 0.2) is 54.6 Å². The number of para-hydroxylation sites is 1. The first-order valence-corrected chi connectivity index (χ1v) is 16.0. The van der Waals surface area contributed by atoms with Gasteiger partial charge >= 0.3 is 0 Å². The highest BCUT2D eigenvalue weighted by Crippen LogP contribution is 2.32. The summed E-state index contributed by atoms with van der Waals surface area (Å²) in [7, 11) is 5.31. The third-order valence-corrected chi connectivity index (χ3v) is 8.67. The van der Waals surface area contributed by atoms with E-state index in [9.17, 15) is 14.4 Å². The van der Waals surface area contributed by atoms with Crippen molar-refractivity contribution >= 4 is 40.5 Å². The Bertz CT molecular complexity index is 1730. The zero-order valence-electron chi connectivity index (χ0n) is 27.8. The third-order valence-electron chi connectivity index (χ3n) is 8.67. The number of likely N-dealkylation sites (N-methyl/N-ethyl adjacent to an activating group) is 1. The summed E-state index contributed by atoms with van der Waals surface area (Å²) in [6, 6.07) is 16.0. The van der Waals surface area contributed by atoms with Crippen molar-refractivity contribution in [2.24, 2.45) is 0 Å². The summed E-state index contributed by atoms with van der Waals surface area (Å²) in [5.41, 5.74) is 4.28. The van der Waals surface area contributed by atoms with E-state index in [1.807, 2.05) is 38.1 Å². The van der Waals surface area contributed by atoms with Crippen molar-refractivity contribution in [2.45, 2.75) is 39.2 Å². The molecule has 1 unspecified atom stereocenters. The molecule has 0 spiro atoms. The zero-order valence-corrected chi connectivity index (χ0v) is 27.8. The van der Waals surface area contributed by atoms with Gasteiger partial charge in [0.25, 0.3) is 11.8 Å². The molecule has 11 nitrogen and oxygen atoms in total. The summed E-state index contributed by atoms with van der Waals surface area (Å²) in [5.74, 6) is 1.10. The Hall–Kier alpha value is -4.74. The fourth-order valence-corrected chi connectivity index (χ4v) is 5.90. The van der Waals surface area contributed by atoms with Crippen LogP contribution in [0.25, 0.3) is 11.0 Å². The van der Waals surface area contributed by atoms with Gasteiger partial charge in [-0.15, -0.1) is 0 Å². The summed E-state index contributed by atoms with van der Waals surface area (Å²) in [6.07, 6.45) is 3.53. The standard InChI is InChI=1S/C36H44N6O5/c1-24-12-15-31(33(21-24)47-20-7-6-9-27(23-43)42-18-16-40(3)17-19-42)41(4)36(45)26-13-14-29(32(22-26)46-5)39-35(44)28-10-8-11-30-34(28)38-25(2)37-30/h8,10-15,21-23,27H,6-7,9,16-20H2,1-5H3,(H,37,38)(H,39,44). The number of piperazine rings is 1. The number of aromatic nitrogens is 2. The number of imidazole rings is 1. The molecule has 248 valence electrons. The van der Waals surface area contributed by atoms with Crippen LogP contribution in [-0.4, -0.2) is 97.9 Å². The molecule has 47 heavy (non-hydrogen) atoms. The Morgan fingerprint density at radius 2 is 1.83 bits per heavy atom.